The average Bonchev–Trinajstić information content (AvgIpc) is 3.41. The van der Waals surface area contributed by atoms with Crippen molar-refractivity contribution in [2.24, 2.45) is 7.05 Å². The van der Waals surface area contributed by atoms with Crippen LogP contribution >= 0.6 is 0 Å². The predicted octanol–water partition coefficient (Wildman–Crippen LogP) is 3.30. The summed E-state index contributed by atoms with van der Waals surface area (Å²) in [5.41, 5.74) is 8.46. The Bertz CT molecular complexity index is 1320. The van der Waals surface area contributed by atoms with Gasteiger partial charge in [-0.3, -0.25) is 14.5 Å². The van der Waals surface area contributed by atoms with Gasteiger partial charge in [0.2, 0.25) is 11.8 Å². The molecule has 3 aromatic rings. The Morgan fingerprint density at radius 2 is 1.94 bits per heavy atom. The maximum atomic E-state index is 13.2. The van der Waals surface area contributed by atoms with E-state index in [1.807, 2.05) is 37.4 Å². The molecule has 2 aliphatic rings. The van der Waals surface area contributed by atoms with Gasteiger partial charge >= 0.3 is 0 Å². The first-order chi connectivity index (χ1) is 16.3. The van der Waals surface area contributed by atoms with E-state index in [4.69, 9.17) is 24.9 Å². The predicted molar refractivity (Wildman–Crippen MR) is 128 cm³/mol. The molecule has 178 valence electrons. The number of nitrogens with zero attached hydrogens (tertiary/aromatic N) is 7. The van der Waals surface area contributed by atoms with Crippen molar-refractivity contribution in [3.8, 4) is 17.1 Å². The number of hydrogen-bond acceptors (Lipinski definition) is 6. The Hall–Kier alpha value is -3.49. The molecule has 0 radical (unpaired) electrons. The van der Waals surface area contributed by atoms with Gasteiger partial charge in [0.15, 0.2) is 0 Å². The van der Waals surface area contributed by atoms with Gasteiger partial charge in [0.1, 0.15) is 0 Å². The van der Waals surface area contributed by atoms with Crippen LogP contribution in [0.4, 0.5) is 0 Å². The van der Waals surface area contributed by atoms with Gasteiger partial charge < -0.3 is 9.64 Å². The molecule has 1 aliphatic heterocycles. The topological polar surface area (TPSA) is 91.0 Å². The molecule has 0 spiro atoms. The zero-order chi connectivity index (χ0) is 24.1. The maximum Gasteiger partial charge on any atom is 0.223 e. The number of rotatable bonds is 2. The zero-order valence-corrected chi connectivity index (χ0v) is 20.7. The normalized spacial score (nSPS) is 16.1. The standard InChI is InChI=1S/C25H31N7O2/c1-14(2)32-13-20-23(25(34-6)30(5)29-20)19-11-26-18-10-15(3)22(24(18)27-19)17-12-31(28-16(17)4)9-7-8-21(32)33/h11-12,14H,7-10,13H2,1-6H3. The van der Waals surface area contributed by atoms with Crippen LogP contribution in [0, 0.1) is 6.92 Å². The number of hydrogen-bond donors (Lipinski definition) is 0. The monoisotopic (exact) mass is 461 g/mol. The molecule has 0 saturated heterocycles. The van der Waals surface area contributed by atoms with E-state index in [9.17, 15) is 4.79 Å². The second-order valence-corrected chi connectivity index (χ2v) is 9.45. The van der Waals surface area contributed by atoms with Crippen molar-refractivity contribution >= 4 is 11.5 Å². The summed E-state index contributed by atoms with van der Waals surface area (Å²) in [6.45, 7) is 9.30. The number of fused-ring (bicyclic) bond motifs is 6. The van der Waals surface area contributed by atoms with E-state index >= 15 is 0 Å². The number of aromatic nitrogens is 6. The molecule has 0 aromatic carbocycles. The summed E-state index contributed by atoms with van der Waals surface area (Å²) in [7, 11) is 3.48. The van der Waals surface area contributed by atoms with E-state index < -0.39 is 0 Å². The largest absolute Gasteiger partial charge is 0.481 e. The van der Waals surface area contributed by atoms with E-state index in [2.05, 4.69) is 13.1 Å². The highest BCUT2D eigenvalue weighted by Crippen LogP contribution is 2.39. The second-order valence-electron chi connectivity index (χ2n) is 9.45. The number of carbonyl (C=O) groups excluding carboxylic acids is 1. The summed E-state index contributed by atoms with van der Waals surface area (Å²) in [4.78, 5) is 25.0. The Balaban J connectivity index is 1.74. The summed E-state index contributed by atoms with van der Waals surface area (Å²) in [6.07, 6.45) is 5.82. The number of methoxy groups -OCH3 is 1. The first kappa shape index (κ1) is 22.3. The fraction of sp³-hybridized carbons (Fsp3) is 0.480. The van der Waals surface area contributed by atoms with Crippen LogP contribution in [0.15, 0.2) is 18.0 Å². The molecule has 3 aromatic heterocycles. The highest BCUT2D eigenvalue weighted by atomic mass is 16.5. The fourth-order valence-corrected chi connectivity index (χ4v) is 5.06. The second kappa shape index (κ2) is 8.38. The van der Waals surface area contributed by atoms with Gasteiger partial charge in [-0.05, 0) is 34.1 Å². The molecular weight excluding hydrogens is 430 g/mol. The minimum atomic E-state index is 0.0332. The summed E-state index contributed by atoms with van der Waals surface area (Å²) in [5, 5.41) is 9.47. The number of amides is 1. The fourth-order valence-electron chi connectivity index (χ4n) is 5.06. The maximum absolute atomic E-state index is 13.2. The van der Waals surface area contributed by atoms with Crippen LogP contribution in [0.5, 0.6) is 5.88 Å². The molecule has 0 N–H and O–H groups in total. The van der Waals surface area contributed by atoms with Crippen LogP contribution in [0.3, 0.4) is 0 Å². The number of allylic oxidation sites excluding steroid dienone is 1. The van der Waals surface area contributed by atoms with Crippen molar-refractivity contribution in [2.75, 3.05) is 7.11 Å². The first-order valence-corrected chi connectivity index (χ1v) is 11.8. The molecule has 0 saturated carbocycles. The smallest absolute Gasteiger partial charge is 0.223 e. The molecule has 0 atom stereocenters. The third-order valence-electron chi connectivity index (χ3n) is 6.72. The number of aryl methyl sites for hydroxylation is 3. The van der Waals surface area contributed by atoms with Gasteiger partial charge in [0.25, 0.3) is 0 Å². The Morgan fingerprint density at radius 1 is 1.15 bits per heavy atom. The van der Waals surface area contributed by atoms with Crippen LogP contribution < -0.4 is 4.74 Å². The van der Waals surface area contributed by atoms with Gasteiger partial charge in [0.05, 0.1) is 53.9 Å². The zero-order valence-electron chi connectivity index (χ0n) is 20.7. The Morgan fingerprint density at radius 3 is 2.68 bits per heavy atom. The van der Waals surface area contributed by atoms with Crippen molar-refractivity contribution < 1.29 is 9.53 Å². The number of ether oxygens (including phenoxy) is 1. The molecule has 1 aliphatic carbocycles. The lowest BCUT2D eigenvalue weighted by Crippen LogP contribution is -2.36. The van der Waals surface area contributed by atoms with Gasteiger partial charge in [-0.15, -0.1) is 0 Å². The SMILES string of the molecule is COc1c2c(nn1C)CN(C(C)C)C(=O)CCCn1cc(c(C)n1)C1=C(C)Cc3ncc-2nc31. The molecule has 5 rings (SSSR count). The van der Waals surface area contributed by atoms with Gasteiger partial charge in [-0.1, -0.05) is 5.57 Å². The third-order valence-corrected chi connectivity index (χ3v) is 6.72. The third kappa shape index (κ3) is 3.59. The lowest BCUT2D eigenvalue weighted by atomic mass is 10.0. The Labute approximate surface area is 199 Å². The van der Waals surface area contributed by atoms with Gasteiger partial charge in [-0.2, -0.15) is 10.2 Å². The van der Waals surface area contributed by atoms with Crippen LogP contribution in [0.2, 0.25) is 0 Å². The minimum absolute atomic E-state index is 0.0332. The van der Waals surface area contributed by atoms with E-state index in [-0.39, 0.29) is 11.9 Å². The van der Waals surface area contributed by atoms with Crippen molar-refractivity contribution in [3.63, 3.8) is 0 Å². The van der Waals surface area contributed by atoms with Crippen LogP contribution in [0.1, 0.15) is 62.0 Å². The van der Waals surface area contributed by atoms with E-state index in [1.165, 1.54) is 5.57 Å². The van der Waals surface area contributed by atoms with E-state index in [1.54, 1.807) is 18.0 Å². The van der Waals surface area contributed by atoms with E-state index in [0.29, 0.717) is 31.1 Å². The molecule has 0 fully saturated rings. The lowest BCUT2D eigenvalue weighted by Gasteiger charge is -2.26. The lowest BCUT2D eigenvalue weighted by molar-refractivity contribution is -0.133. The van der Waals surface area contributed by atoms with Crippen molar-refractivity contribution in [1.82, 2.24) is 34.4 Å². The van der Waals surface area contributed by atoms with Crippen LogP contribution in [0.25, 0.3) is 16.8 Å². The molecule has 0 unspecified atom stereocenters. The van der Waals surface area contributed by atoms with Crippen LogP contribution in [-0.2, 0) is 31.4 Å². The summed E-state index contributed by atoms with van der Waals surface area (Å²) in [6, 6.07) is 0.0332. The quantitative estimate of drug-likeness (QED) is 0.582. The highest BCUT2D eigenvalue weighted by Gasteiger charge is 2.30. The van der Waals surface area contributed by atoms with Gasteiger partial charge in [-0.25, -0.2) is 9.67 Å². The van der Waals surface area contributed by atoms with Crippen molar-refractivity contribution in [3.05, 3.63) is 46.3 Å². The summed E-state index contributed by atoms with van der Waals surface area (Å²) < 4.78 is 9.39. The molecule has 9 nitrogen and oxygen atoms in total. The van der Waals surface area contributed by atoms with Gasteiger partial charge in [0, 0.05) is 49.8 Å². The summed E-state index contributed by atoms with van der Waals surface area (Å²) >= 11 is 0. The average molecular weight is 462 g/mol. The molecule has 1 amide bonds. The number of carbonyl (C=O) groups is 1. The molecular formula is C25H31N7O2. The van der Waals surface area contributed by atoms with E-state index in [0.717, 1.165) is 52.3 Å². The summed E-state index contributed by atoms with van der Waals surface area (Å²) in [5.74, 6) is 0.707. The van der Waals surface area contributed by atoms with Crippen LogP contribution in [-0.4, -0.2) is 53.5 Å². The molecule has 9 heteroatoms. The Kier molecular flexibility index (Phi) is 5.50. The highest BCUT2D eigenvalue weighted by molar-refractivity contribution is 5.86. The molecule has 4 heterocycles. The van der Waals surface area contributed by atoms with Crippen molar-refractivity contribution in [1.29, 1.82) is 0 Å². The minimum Gasteiger partial charge on any atom is -0.481 e. The van der Waals surface area contributed by atoms with Crippen molar-refractivity contribution in [2.45, 2.75) is 66.1 Å². The molecule has 4 bridgehead atoms. The molecule has 34 heavy (non-hydrogen) atoms. The first-order valence-electron chi connectivity index (χ1n) is 11.8.